The number of rotatable bonds is 8. The topological polar surface area (TPSA) is 38.7 Å². The Hall–Kier alpha value is -0.120. The van der Waals surface area contributed by atoms with Gasteiger partial charge in [-0.3, -0.25) is 0 Å². The lowest BCUT2D eigenvalue weighted by Crippen LogP contribution is -2.17. The van der Waals surface area contributed by atoms with Crippen molar-refractivity contribution < 1.29 is 14.6 Å². The molecule has 1 saturated carbocycles. The van der Waals surface area contributed by atoms with Crippen LogP contribution >= 0.6 is 0 Å². The first-order valence-electron chi connectivity index (χ1n) is 5.07. The SMILES string of the molecule is COCCOCC(O)CCC1CC1. The van der Waals surface area contributed by atoms with E-state index < -0.39 is 0 Å². The van der Waals surface area contributed by atoms with Gasteiger partial charge in [0, 0.05) is 7.11 Å². The molecule has 3 heteroatoms. The molecule has 0 aromatic heterocycles. The first-order valence-corrected chi connectivity index (χ1v) is 5.07. The Labute approximate surface area is 80.0 Å². The number of aliphatic hydroxyl groups is 1. The van der Waals surface area contributed by atoms with Crippen LogP contribution < -0.4 is 0 Å². The third kappa shape index (κ3) is 6.02. The summed E-state index contributed by atoms with van der Waals surface area (Å²) >= 11 is 0. The van der Waals surface area contributed by atoms with E-state index in [1.807, 2.05) is 0 Å². The molecule has 0 aromatic rings. The highest BCUT2D eigenvalue weighted by Crippen LogP contribution is 2.33. The summed E-state index contributed by atoms with van der Waals surface area (Å²) < 4.78 is 10.0. The maximum Gasteiger partial charge on any atom is 0.0773 e. The molecule has 0 saturated heterocycles. The van der Waals surface area contributed by atoms with Crippen molar-refractivity contribution >= 4 is 0 Å². The van der Waals surface area contributed by atoms with Crippen LogP contribution in [0.3, 0.4) is 0 Å². The van der Waals surface area contributed by atoms with Gasteiger partial charge in [-0.1, -0.05) is 12.8 Å². The summed E-state index contributed by atoms with van der Waals surface area (Å²) in [7, 11) is 1.65. The zero-order valence-electron chi connectivity index (χ0n) is 8.37. The summed E-state index contributed by atoms with van der Waals surface area (Å²) in [6.07, 6.45) is 4.48. The Balaban J connectivity index is 1.81. The van der Waals surface area contributed by atoms with Crippen molar-refractivity contribution in [3.8, 4) is 0 Å². The lowest BCUT2D eigenvalue weighted by Gasteiger charge is -2.10. The number of hydrogen-bond donors (Lipinski definition) is 1. The van der Waals surface area contributed by atoms with E-state index in [0.717, 1.165) is 18.8 Å². The summed E-state index contributed by atoms with van der Waals surface area (Å²) in [6.45, 7) is 1.64. The maximum absolute atomic E-state index is 9.46. The zero-order valence-corrected chi connectivity index (χ0v) is 8.37. The van der Waals surface area contributed by atoms with Gasteiger partial charge in [0.05, 0.1) is 25.9 Å². The predicted octanol–water partition coefficient (Wildman–Crippen LogP) is 1.20. The summed E-state index contributed by atoms with van der Waals surface area (Å²) in [5.41, 5.74) is 0. The molecule has 1 atom stereocenters. The van der Waals surface area contributed by atoms with Crippen molar-refractivity contribution in [3.63, 3.8) is 0 Å². The maximum atomic E-state index is 9.46. The molecular weight excluding hydrogens is 168 g/mol. The molecule has 3 nitrogen and oxygen atoms in total. The third-order valence-corrected chi connectivity index (χ3v) is 2.35. The van der Waals surface area contributed by atoms with Crippen LogP contribution in [-0.4, -0.2) is 38.1 Å². The zero-order chi connectivity index (χ0) is 9.52. The van der Waals surface area contributed by atoms with Crippen molar-refractivity contribution in [1.29, 1.82) is 0 Å². The molecule has 78 valence electrons. The first-order chi connectivity index (χ1) is 6.33. The van der Waals surface area contributed by atoms with Gasteiger partial charge < -0.3 is 14.6 Å². The fourth-order valence-corrected chi connectivity index (χ4v) is 1.28. The monoisotopic (exact) mass is 188 g/mol. The normalized spacial score (nSPS) is 18.9. The van der Waals surface area contributed by atoms with E-state index in [-0.39, 0.29) is 6.10 Å². The highest BCUT2D eigenvalue weighted by molar-refractivity contribution is 4.74. The largest absolute Gasteiger partial charge is 0.391 e. The van der Waals surface area contributed by atoms with Gasteiger partial charge in [0.2, 0.25) is 0 Å². The quantitative estimate of drug-likeness (QED) is 0.582. The van der Waals surface area contributed by atoms with Crippen LogP contribution in [0.25, 0.3) is 0 Å². The van der Waals surface area contributed by atoms with Gasteiger partial charge in [-0.2, -0.15) is 0 Å². The Bertz CT molecular complexity index is 123. The highest BCUT2D eigenvalue weighted by Gasteiger charge is 2.21. The second-order valence-corrected chi connectivity index (χ2v) is 3.74. The van der Waals surface area contributed by atoms with E-state index in [9.17, 15) is 5.11 Å². The van der Waals surface area contributed by atoms with Gasteiger partial charge in [-0.25, -0.2) is 0 Å². The van der Waals surface area contributed by atoms with Crippen molar-refractivity contribution in [1.82, 2.24) is 0 Å². The van der Waals surface area contributed by atoms with E-state index in [2.05, 4.69) is 0 Å². The van der Waals surface area contributed by atoms with Crippen LogP contribution in [0.2, 0.25) is 0 Å². The van der Waals surface area contributed by atoms with Crippen molar-refractivity contribution in [2.75, 3.05) is 26.9 Å². The second kappa shape index (κ2) is 6.35. The standard InChI is InChI=1S/C10H20O3/c1-12-6-7-13-8-10(11)5-4-9-2-3-9/h9-11H,2-8H2,1H3. The van der Waals surface area contributed by atoms with E-state index in [1.54, 1.807) is 7.11 Å². The summed E-state index contributed by atoms with van der Waals surface area (Å²) in [4.78, 5) is 0. The van der Waals surface area contributed by atoms with Crippen LogP contribution in [0.5, 0.6) is 0 Å². The minimum absolute atomic E-state index is 0.280. The molecule has 1 fully saturated rings. The Kier molecular flexibility index (Phi) is 5.35. The van der Waals surface area contributed by atoms with Crippen LogP contribution in [0.1, 0.15) is 25.7 Å². The van der Waals surface area contributed by atoms with E-state index in [1.165, 1.54) is 12.8 Å². The van der Waals surface area contributed by atoms with Crippen molar-refractivity contribution in [2.24, 2.45) is 5.92 Å². The Morgan fingerprint density at radius 3 is 2.77 bits per heavy atom. The molecule has 0 heterocycles. The van der Waals surface area contributed by atoms with Crippen molar-refractivity contribution in [3.05, 3.63) is 0 Å². The summed E-state index contributed by atoms with van der Waals surface area (Å²) in [5.74, 6) is 0.897. The molecule has 1 rings (SSSR count). The fourth-order valence-electron chi connectivity index (χ4n) is 1.28. The van der Waals surface area contributed by atoms with Crippen LogP contribution in [0.4, 0.5) is 0 Å². The molecule has 1 N–H and O–H groups in total. The molecule has 0 aliphatic heterocycles. The molecule has 13 heavy (non-hydrogen) atoms. The minimum Gasteiger partial charge on any atom is -0.391 e. The molecule has 1 unspecified atom stereocenters. The summed E-state index contributed by atoms with van der Waals surface area (Å²) in [6, 6.07) is 0. The number of hydrogen-bond acceptors (Lipinski definition) is 3. The minimum atomic E-state index is -0.280. The molecular formula is C10H20O3. The molecule has 0 spiro atoms. The average Bonchev–Trinajstić information content (AvgIpc) is 2.92. The van der Waals surface area contributed by atoms with E-state index >= 15 is 0 Å². The molecule has 1 aliphatic rings. The number of aliphatic hydroxyl groups excluding tert-OH is 1. The molecule has 0 radical (unpaired) electrons. The lowest BCUT2D eigenvalue weighted by molar-refractivity contribution is 0.00926. The van der Waals surface area contributed by atoms with Crippen LogP contribution in [0.15, 0.2) is 0 Å². The van der Waals surface area contributed by atoms with Gasteiger partial charge in [0.1, 0.15) is 0 Å². The smallest absolute Gasteiger partial charge is 0.0773 e. The highest BCUT2D eigenvalue weighted by atomic mass is 16.5. The lowest BCUT2D eigenvalue weighted by atomic mass is 10.1. The molecule has 0 bridgehead atoms. The Morgan fingerprint density at radius 2 is 2.15 bits per heavy atom. The second-order valence-electron chi connectivity index (χ2n) is 3.74. The van der Waals surface area contributed by atoms with Gasteiger partial charge >= 0.3 is 0 Å². The summed E-state index contributed by atoms with van der Waals surface area (Å²) in [5, 5.41) is 9.46. The van der Waals surface area contributed by atoms with Crippen molar-refractivity contribution in [2.45, 2.75) is 31.8 Å². The molecule has 1 aliphatic carbocycles. The van der Waals surface area contributed by atoms with Gasteiger partial charge in [-0.15, -0.1) is 0 Å². The molecule has 0 amide bonds. The average molecular weight is 188 g/mol. The van der Waals surface area contributed by atoms with Crippen LogP contribution in [0, 0.1) is 5.92 Å². The van der Waals surface area contributed by atoms with Gasteiger partial charge in [0.15, 0.2) is 0 Å². The third-order valence-electron chi connectivity index (χ3n) is 2.35. The number of methoxy groups -OCH3 is 1. The van der Waals surface area contributed by atoms with E-state index in [0.29, 0.717) is 19.8 Å². The van der Waals surface area contributed by atoms with Crippen LogP contribution in [-0.2, 0) is 9.47 Å². The first kappa shape index (κ1) is 11.0. The Morgan fingerprint density at radius 1 is 1.38 bits per heavy atom. The van der Waals surface area contributed by atoms with Gasteiger partial charge in [0.25, 0.3) is 0 Å². The molecule has 0 aromatic carbocycles. The number of ether oxygens (including phenoxy) is 2. The van der Waals surface area contributed by atoms with E-state index in [4.69, 9.17) is 9.47 Å². The van der Waals surface area contributed by atoms with Gasteiger partial charge in [-0.05, 0) is 18.8 Å². The fraction of sp³-hybridized carbons (Fsp3) is 1.00. The predicted molar refractivity (Wildman–Crippen MR) is 50.7 cm³/mol.